The highest BCUT2D eigenvalue weighted by Crippen LogP contribution is 2.25. The lowest BCUT2D eigenvalue weighted by Crippen LogP contribution is -2.43. The van der Waals surface area contributed by atoms with Crippen molar-refractivity contribution in [1.29, 1.82) is 0 Å². The average molecular weight is 317 g/mol. The van der Waals surface area contributed by atoms with Crippen LogP contribution in [0, 0.1) is 5.92 Å². The van der Waals surface area contributed by atoms with Crippen LogP contribution in [0.1, 0.15) is 25.7 Å². The average Bonchev–Trinajstić information content (AvgIpc) is 2.87. The van der Waals surface area contributed by atoms with Crippen molar-refractivity contribution < 1.29 is 23.4 Å². The highest BCUT2D eigenvalue weighted by atomic mass is 32.2. The third-order valence-corrected chi connectivity index (χ3v) is 5.11. The Morgan fingerprint density at radius 2 is 2.14 bits per heavy atom. The van der Waals surface area contributed by atoms with E-state index in [4.69, 9.17) is 5.11 Å². The fraction of sp³-hybridized carbons (Fsp3) is 0.667. The Morgan fingerprint density at radius 3 is 2.81 bits per heavy atom. The van der Waals surface area contributed by atoms with E-state index < -0.39 is 22.5 Å². The maximum Gasteiger partial charge on any atom is 0.325 e. The van der Waals surface area contributed by atoms with Gasteiger partial charge in [0, 0.05) is 18.8 Å². The molecule has 2 atom stereocenters. The van der Waals surface area contributed by atoms with Crippen molar-refractivity contribution in [3.63, 3.8) is 0 Å². The van der Waals surface area contributed by atoms with Gasteiger partial charge in [0.2, 0.25) is 10.0 Å². The number of rotatable bonds is 6. The van der Waals surface area contributed by atoms with Crippen molar-refractivity contribution in [2.24, 2.45) is 5.92 Å². The second-order valence-corrected chi connectivity index (χ2v) is 6.94. The predicted octanol–water partition coefficient (Wildman–Crippen LogP) is -0.203. The Morgan fingerprint density at radius 1 is 1.43 bits per heavy atom. The van der Waals surface area contributed by atoms with Crippen molar-refractivity contribution in [2.75, 3.05) is 6.61 Å². The van der Waals surface area contributed by atoms with Crippen LogP contribution in [0.2, 0.25) is 0 Å². The first-order chi connectivity index (χ1) is 9.92. The minimum Gasteiger partial charge on any atom is -0.480 e. The third-order valence-electron chi connectivity index (χ3n) is 3.67. The zero-order chi connectivity index (χ0) is 15.5. The molecule has 1 fully saturated rings. The molecule has 1 saturated carbocycles. The Labute approximate surface area is 122 Å². The number of nitrogens with zero attached hydrogens (tertiary/aromatic N) is 2. The molecule has 0 spiro atoms. The fourth-order valence-corrected chi connectivity index (χ4v) is 3.85. The summed E-state index contributed by atoms with van der Waals surface area (Å²) in [6.45, 7) is -0.441. The quantitative estimate of drug-likeness (QED) is 0.668. The lowest BCUT2D eigenvalue weighted by atomic mass is 9.86. The molecule has 21 heavy (non-hydrogen) atoms. The molecule has 8 nitrogen and oxygen atoms in total. The van der Waals surface area contributed by atoms with Gasteiger partial charge >= 0.3 is 5.97 Å². The highest BCUT2D eigenvalue weighted by molar-refractivity contribution is 7.89. The summed E-state index contributed by atoms with van der Waals surface area (Å²) in [5, 5.41) is 21.7. The van der Waals surface area contributed by atoms with E-state index >= 15 is 0 Å². The Kier molecular flexibility index (Phi) is 4.96. The maximum atomic E-state index is 12.3. The molecule has 1 aromatic rings. The van der Waals surface area contributed by atoms with Gasteiger partial charge in [0.1, 0.15) is 11.4 Å². The van der Waals surface area contributed by atoms with Crippen LogP contribution in [0.3, 0.4) is 0 Å². The zero-order valence-corrected chi connectivity index (χ0v) is 12.3. The summed E-state index contributed by atoms with van der Waals surface area (Å²) in [6, 6.07) is -0.295. The van der Waals surface area contributed by atoms with Gasteiger partial charge in [-0.25, -0.2) is 13.1 Å². The summed E-state index contributed by atoms with van der Waals surface area (Å²) in [7, 11) is -3.76. The molecule has 0 aromatic carbocycles. The summed E-state index contributed by atoms with van der Waals surface area (Å²) in [6.07, 6.45) is 5.70. The summed E-state index contributed by atoms with van der Waals surface area (Å²) in [4.78, 5) is 10.5. The molecule has 118 valence electrons. The van der Waals surface area contributed by atoms with Gasteiger partial charge in [0.05, 0.1) is 6.20 Å². The molecular weight excluding hydrogens is 298 g/mol. The number of carboxylic acid groups (broad SMARTS) is 1. The Hall–Kier alpha value is -1.45. The first kappa shape index (κ1) is 15.9. The van der Waals surface area contributed by atoms with Crippen LogP contribution in [-0.4, -0.2) is 47.0 Å². The van der Waals surface area contributed by atoms with Crippen LogP contribution in [0.25, 0.3) is 0 Å². The molecule has 0 radical (unpaired) electrons. The van der Waals surface area contributed by atoms with Crippen molar-refractivity contribution in [2.45, 2.75) is 43.2 Å². The standard InChI is InChI=1S/C12H19N3O5S/c16-8-9-3-1-2-4-11(9)14-21(19,20)10-5-13-15(6-10)7-12(17)18/h5-6,9,11,14,16H,1-4,7-8H2,(H,17,18). The van der Waals surface area contributed by atoms with E-state index in [-0.39, 0.29) is 23.5 Å². The molecule has 1 heterocycles. The Bertz CT molecular complexity index is 598. The van der Waals surface area contributed by atoms with Crippen LogP contribution in [-0.2, 0) is 21.4 Å². The molecule has 9 heteroatoms. The number of aliphatic hydroxyl groups excluding tert-OH is 1. The minimum atomic E-state index is -3.76. The molecule has 3 N–H and O–H groups in total. The van der Waals surface area contributed by atoms with Gasteiger partial charge in [-0.05, 0) is 18.8 Å². The SMILES string of the molecule is O=C(O)Cn1cc(S(=O)(=O)NC2CCCCC2CO)cn1. The molecule has 1 aliphatic rings. The number of hydrogen-bond acceptors (Lipinski definition) is 5. The van der Waals surface area contributed by atoms with E-state index in [1.165, 1.54) is 6.20 Å². The monoisotopic (exact) mass is 317 g/mol. The van der Waals surface area contributed by atoms with E-state index in [0.717, 1.165) is 30.1 Å². The van der Waals surface area contributed by atoms with E-state index in [2.05, 4.69) is 9.82 Å². The summed E-state index contributed by atoms with van der Waals surface area (Å²) >= 11 is 0. The van der Waals surface area contributed by atoms with Crippen LogP contribution in [0.15, 0.2) is 17.3 Å². The normalized spacial score (nSPS) is 23.1. The molecule has 0 bridgehead atoms. The van der Waals surface area contributed by atoms with Crippen LogP contribution >= 0.6 is 0 Å². The number of aromatic nitrogens is 2. The van der Waals surface area contributed by atoms with Gasteiger partial charge in [0.15, 0.2) is 0 Å². The van der Waals surface area contributed by atoms with Crippen LogP contribution in [0.5, 0.6) is 0 Å². The molecule has 0 amide bonds. The number of hydrogen-bond donors (Lipinski definition) is 3. The van der Waals surface area contributed by atoms with E-state index in [0.29, 0.717) is 6.42 Å². The van der Waals surface area contributed by atoms with Crippen molar-refractivity contribution in [3.8, 4) is 0 Å². The van der Waals surface area contributed by atoms with E-state index in [1.54, 1.807) is 0 Å². The molecule has 2 rings (SSSR count). The maximum absolute atomic E-state index is 12.3. The lowest BCUT2D eigenvalue weighted by Gasteiger charge is -2.30. The van der Waals surface area contributed by atoms with Gasteiger partial charge in [-0.1, -0.05) is 12.8 Å². The molecule has 2 unspecified atom stereocenters. The van der Waals surface area contributed by atoms with Crippen LogP contribution < -0.4 is 4.72 Å². The predicted molar refractivity (Wildman–Crippen MR) is 73.0 cm³/mol. The number of sulfonamides is 1. The first-order valence-corrected chi connectivity index (χ1v) is 8.28. The van der Waals surface area contributed by atoms with Gasteiger partial charge in [-0.2, -0.15) is 5.10 Å². The summed E-state index contributed by atoms with van der Waals surface area (Å²) < 4.78 is 28.2. The molecular formula is C12H19N3O5S. The number of aliphatic carboxylic acids is 1. The second-order valence-electron chi connectivity index (χ2n) is 5.22. The topological polar surface area (TPSA) is 122 Å². The molecule has 1 aromatic heterocycles. The number of carboxylic acids is 1. The van der Waals surface area contributed by atoms with Crippen molar-refractivity contribution in [3.05, 3.63) is 12.4 Å². The number of carbonyl (C=O) groups is 1. The summed E-state index contributed by atoms with van der Waals surface area (Å²) in [5.74, 6) is -1.18. The van der Waals surface area contributed by atoms with E-state index in [9.17, 15) is 18.3 Å². The Balaban J connectivity index is 2.10. The summed E-state index contributed by atoms with van der Waals surface area (Å²) in [5.41, 5.74) is 0. The van der Waals surface area contributed by atoms with Gasteiger partial charge in [-0.3, -0.25) is 9.48 Å². The third kappa shape index (κ3) is 4.02. The second kappa shape index (κ2) is 6.54. The number of nitrogens with one attached hydrogen (secondary N) is 1. The highest BCUT2D eigenvalue weighted by Gasteiger charge is 2.29. The first-order valence-electron chi connectivity index (χ1n) is 6.80. The van der Waals surface area contributed by atoms with Crippen LogP contribution in [0.4, 0.5) is 0 Å². The van der Waals surface area contributed by atoms with E-state index in [1.807, 2.05) is 0 Å². The minimum absolute atomic E-state index is 0.0501. The molecule has 0 aliphatic heterocycles. The van der Waals surface area contributed by atoms with Gasteiger partial charge < -0.3 is 10.2 Å². The van der Waals surface area contributed by atoms with Crippen molar-refractivity contribution >= 4 is 16.0 Å². The lowest BCUT2D eigenvalue weighted by molar-refractivity contribution is -0.137. The smallest absolute Gasteiger partial charge is 0.325 e. The van der Waals surface area contributed by atoms with Gasteiger partial charge in [0.25, 0.3) is 0 Å². The molecule has 1 aliphatic carbocycles. The van der Waals surface area contributed by atoms with Gasteiger partial charge in [-0.15, -0.1) is 0 Å². The van der Waals surface area contributed by atoms with Crippen molar-refractivity contribution in [1.82, 2.24) is 14.5 Å². The zero-order valence-electron chi connectivity index (χ0n) is 11.5. The molecule has 0 saturated heterocycles. The fourth-order valence-electron chi connectivity index (χ4n) is 2.56. The number of aliphatic hydroxyl groups is 1. The largest absolute Gasteiger partial charge is 0.480 e.